The van der Waals surface area contributed by atoms with Gasteiger partial charge in [-0.2, -0.15) is 5.10 Å². The number of non-ortho nitro benzene ring substituents is 1. The maximum absolute atomic E-state index is 11.9. The molecule has 26 heavy (non-hydrogen) atoms. The van der Waals surface area contributed by atoms with Gasteiger partial charge in [-0.05, 0) is 43.2 Å². The van der Waals surface area contributed by atoms with E-state index >= 15 is 0 Å². The number of hydrogen-bond acceptors (Lipinski definition) is 5. The van der Waals surface area contributed by atoms with E-state index in [1.807, 2.05) is 26.0 Å². The van der Waals surface area contributed by atoms with E-state index in [-0.39, 0.29) is 12.1 Å². The molecule has 2 aromatic rings. The number of aryl methyl sites for hydroxylation is 2. The first-order chi connectivity index (χ1) is 12.3. The van der Waals surface area contributed by atoms with Gasteiger partial charge in [-0.3, -0.25) is 19.7 Å². The van der Waals surface area contributed by atoms with Crippen molar-refractivity contribution in [1.29, 1.82) is 0 Å². The average Bonchev–Trinajstić information content (AvgIpc) is 2.58. The number of hydrogen-bond donors (Lipinski definition) is 2. The molecule has 0 spiro atoms. The molecule has 2 rings (SSSR count). The molecule has 2 aromatic carbocycles. The first kappa shape index (κ1) is 18.8. The highest BCUT2D eigenvalue weighted by atomic mass is 16.6. The monoisotopic (exact) mass is 354 g/mol. The fourth-order valence-corrected chi connectivity index (χ4v) is 2.19. The second kappa shape index (κ2) is 8.52. The van der Waals surface area contributed by atoms with Crippen LogP contribution in [0.15, 0.2) is 47.6 Å². The molecule has 0 unspecified atom stereocenters. The fraction of sp³-hybridized carbons (Fsp3) is 0.167. The van der Waals surface area contributed by atoms with E-state index in [1.54, 1.807) is 6.07 Å². The molecule has 0 saturated carbocycles. The van der Waals surface area contributed by atoms with Crippen LogP contribution in [0, 0.1) is 24.0 Å². The van der Waals surface area contributed by atoms with E-state index in [9.17, 15) is 19.7 Å². The van der Waals surface area contributed by atoms with Gasteiger partial charge >= 0.3 is 0 Å². The lowest BCUT2D eigenvalue weighted by molar-refractivity contribution is -0.384. The van der Waals surface area contributed by atoms with Gasteiger partial charge in [0.15, 0.2) is 0 Å². The van der Waals surface area contributed by atoms with Gasteiger partial charge in [0.25, 0.3) is 5.69 Å². The Balaban J connectivity index is 1.84. The van der Waals surface area contributed by atoms with Crippen LogP contribution in [0.1, 0.15) is 23.1 Å². The zero-order chi connectivity index (χ0) is 19.1. The molecule has 0 aromatic heterocycles. The molecule has 0 aliphatic carbocycles. The van der Waals surface area contributed by atoms with Gasteiger partial charge in [-0.15, -0.1) is 0 Å². The SMILES string of the molecule is Cc1ccc(NC(=O)CC(=O)NN=Cc2ccc([N+](=O)[O-])cc2)c(C)c1. The molecule has 0 aliphatic heterocycles. The van der Waals surface area contributed by atoms with E-state index in [0.717, 1.165) is 11.1 Å². The van der Waals surface area contributed by atoms with Gasteiger partial charge in [0.05, 0.1) is 11.1 Å². The second-order valence-corrected chi connectivity index (χ2v) is 5.69. The first-order valence-electron chi connectivity index (χ1n) is 7.78. The summed E-state index contributed by atoms with van der Waals surface area (Å²) in [6.07, 6.45) is 0.967. The number of nitro groups is 1. The average molecular weight is 354 g/mol. The molecule has 2 amide bonds. The van der Waals surface area contributed by atoms with Crippen LogP contribution in [0.5, 0.6) is 0 Å². The van der Waals surface area contributed by atoms with Crippen molar-refractivity contribution in [2.45, 2.75) is 20.3 Å². The predicted molar refractivity (Wildman–Crippen MR) is 98.0 cm³/mol. The van der Waals surface area contributed by atoms with Crippen LogP contribution in [0.2, 0.25) is 0 Å². The summed E-state index contributed by atoms with van der Waals surface area (Å²) in [7, 11) is 0. The Kier molecular flexibility index (Phi) is 6.15. The summed E-state index contributed by atoms with van der Waals surface area (Å²) in [5.74, 6) is -1.01. The quantitative estimate of drug-likeness (QED) is 0.359. The van der Waals surface area contributed by atoms with Crippen molar-refractivity contribution in [3.05, 3.63) is 69.3 Å². The molecule has 0 heterocycles. The third-order valence-corrected chi connectivity index (χ3v) is 3.48. The lowest BCUT2D eigenvalue weighted by atomic mass is 10.1. The zero-order valence-corrected chi connectivity index (χ0v) is 14.4. The van der Waals surface area contributed by atoms with E-state index in [1.165, 1.54) is 30.5 Å². The van der Waals surface area contributed by atoms with Crippen LogP contribution in [-0.4, -0.2) is 23.0 Å². The Morgan fingerprint density at radius 3 is 2.42 bits per heavy atom. The molecular formula is C18H18N4O4. The van der Waals surface area contributed by atoms with Crippen molar-refractivity contribution < 1.29 is 14.5 Å². The maximum atomic E-state index is 11.9. The van der Waals surface area contributed by atoms with E-state index in [0.29, 0.717) is 11.3 Å². The number of nitrogens with one attached hydrogen (secondary N) is 2. The topological polar surface area (TPSA) is 114 Å². The highest BCUT2D eigenvalue weighted by Gasteiger charge is 2.10. The van der Waals surface area contributed by atoms with Crippen LogP contribution in [0.3, 0.4) is 0 Å². The Bertz CT molecular complexity index is 860. The van der Waals surface area contributed by atoms with Crippen LogP contribution in [0.4, 0.5) is 11.4 Å². The molecule has 0 aliphatic rings. The number of rotatable bonds is 6. The van der Waals surface area contributed by atoms with Gasteiger partial charge in [-0.25, -0.2) is 5.43 Å². The lowest BCUT2D eigenvalue weighted by Gasteiger charge is -2.08. The summed E-state index contributed by atoms with van der Waals surface area (Å²) in [6.45, 7) is 3.83. The number of carbonyl (C=O) groups excluding carboxylic acids is 2. The van der Waals surface area contributed by atoms with Crippen molar-refractivity contribution >= 4 is 29.4 Å². The largest absolute Gasteiger partial charge is 0.325 e. The molecule has 0 atom stereocenters. The second-order valence-electron chi connectivity index (χ2n) is 5.69. The Morgan fingerprint density at radius 1 is 1.12 bits per heavy atom. The molecule has 0 radical (unpaired) electrons. The zero-order valence-electron chi connectivity index (χ0n) is 14.4. The summed E-state index contributed by atoms with van der Waals surface area (Å²) in [5, 5.41) is 17.0. The molecule has 134 valence electrons. The van der Waals surface area contributed by atoms with Gasteiger partial charge < -0.3 is 5.32 Å². The highest BCUT2D eigenvalue weighted by Crippen LogP contribution is 2.16. The van der Waals surface area contributed by atoms with Crippen molar-refractivity contribution in [3.8, 4) is 0 Å². The summed E-state index contributed by atoms with van der Waals surface area (Å²) < 4.78 is 0. The van der Waals surface area contributed by atoms with E-state index in [4.69, 9.17) is 0 Å². The molecule has 8 heteroatoms. The molecule has 0 bridgehead atoms. The number of benzene rings is 2. The van der Waals surface area contributed by atoms with Crippen LogP contribution < -0.4 is 10.7 Å². The molecule has 0 saturated heterocycles. The number of carbonyl (C=O) groups is 2. The molecule has 2 N–H and O–H groups in total. The van der Waals surface area contributed by atoms with Crippen molar-refractivity contribution in [2.75, 3.05) is 5.32 Å². The normalized spacial score (nSPS) is 10.5. The first-order valence-corrected chi connectivity index (χ1v) is 7.78. The summed E-state index contributed by atoms with van der Waals surface area (Å²) >= 11 is 0. The summed E-state index contributed by atoms with van der Waals surface area (Å²) in [5.41, 5.74) is 5.44. The minimum absolute atomic E-state index is 0.0331. The predicted octanol–water partition coefficient (Wildman–Crippen LogP) is 2.69. The highest BCUT2D eigenvalue weighted by molar-refractivity contribution is 6.04. The van der Waals surface area contributed by atoms with Crippen molar-refractivity contribution in [1.82, 2.24) is 5.43 Å². The van der Waals surface area contributed by atoms with Crippen LogP contribution in [0.25, 0.3) is 0 Å². The van der Waals surface area contributed by atoms with E-state index < -0.39 is 16.7 Å². The number of nitrogens with zero attached hydrogens (tertiary/aromatic N) is 2. The van der Waals surface area contributed by atoms with E-state index in [2.05, 4.69) is 15.8 Å². The third-order valence-electron chi connectivity index (χ3n) is 3.48. The number of nitro benzene ring substituents is 1. The van der Waals surface area contributed by atoms with Crippen LogP contribution in [-0.2, 0) is 9.59 Å². The maximum Gasteiger partial charge on any atom is 0.269 e. The standard InChI is InChI=1S/C18H18N4O4/c1-12-3-8-16(13(2)9-12)20-17(23)10-18(24)21-19-11-14-4-6-15(7-5-14)22(25)26/h3-9,11H,10H2,1-2H3,(H,20,23)(H,21,24). The van der Waals surface area contributed by atoms with Crippen molar-refractivity contribution in [3.63, 3.8) is 0 Å². The Morgan fingerprint density at radius 2 is 1.81 bits per heavy atom. The van der Waals surface area contributed by atoms with Gasteiger partial charge in [0.2, 0.25) is 11.8 Å². The van der Waals surface area contributed by atoms with Crippen molar-refractivity contribution in [2.24, 2.45) is 5.10 Å². The number of hydrazone groups is 1. The molecular weight excluding hydrogens is 336 g/mol. The smallest absolute Gasteiger partial charge is 0.269 e. The summed E-state index contributed by atoms with van der Waals surface area (Å²) in [4.78, 5) is 33.7. The Hall–Kier alpha value is -3.55. The fourth-order valence-electron chi connectivity index (χ4n) is 2.19. The lowest BCUT2D eigenvalue weighted by Crippen LogP contribution is -2.24. The summed E-state index contributed by atoms with van der Waals surface area (Å²) in [6, 6.07) is 11.3. The minimum Gasteiger partial charge on any atom is -0.325 e. The van der Waals surface area contributed by atoms with Gasteiger partial charge in [0, 0.05) is 17.8 Å². The van der Waals surface area contributed by atoms with Gasteiger partial charge in [0.1, 0.15) is 6.42 Å². The number of anilines is 1. The molecule has 0 fully saturated rings. The number of amides is 2. The minimum atomic E-state index is -0.564. The van der Waals surface area contributed by atoms with Gasteiger partial charge in [-0.1, -0.05) is 17.7 Å². The molecule has 8 nitrogen and oxygen atoms in total. The van der Waals surface area contributed by atoms with Crippen LogP contribution >= 0.6 is 0 Å². The third kappa shape index (κ3) is 5.52. The Labute approximate surface area is 150 Å².